The van der Waals surface area contributed by atoms with Gasteiger partial charge >= 0.3 is 5.97 Å². The molecule has 0 aliphatic heterocycles. The van der Waals surface area contributed by atoms with E-state index in [1.807, 2.05) is 12.1 Å². The Bertz CT molecular complexity index is 745. The summed E-state index contributed by atoms with van der Waals surface area (Å²) in [5, 5.41) is 10.7. The molecule has 1 aromatic carbocycles. The number of nitrogens with one attached hydrogen (secondary N) is 2. The van der Waals surface area contributed by atoms with Gasteiger partial charge in [0.05, 0.1) is 18.4 Å². The second-order valence-electron chi connectivity index (χ2n) is 6.03. The van der Waals surface area contributed by atoms with Gasteiger partial charge in [-0.2, -0.15) is 0 Å². The van der Waals surface area contributed by atoms with Crippen LogP contribution >= 0.6 is 0 Å². The molecule has 27 heavy (non-hydrogen) atoms. The Kier molecular flexibility index (Phi) is 7.85. The number of carbonyl (C=O) groups excluding carboxylic acids is 1. The summed E-state index contributed by atoms with van der Waals surface area (Å²) in [6, 6.07) is 7.42. The maximum atomic E-state index is 11.5. The summed E-state index contributed by atoms with van der Waals surface area (Å²) >= 11 is 0. The molecule has 0 saturated carbocycles. The van der Waals surface area contributed by atoms with E-state index in [2.05, 4.69) is 34.6 Å². The number of aromatic nitrogens is 1. The van der Waals surface area contributed by atoms with Crippen LogP contribution < -0.4 is 10.6 Å². The summed E-state index contributed by atoms with van der Waals surface area (Å²) in [4.78, 5) is 15.7. The Morgan fingerprint density at radius 2 is 1.93 bits per heavy atom. The third-order valence-corrected chi connectivity index (χ3v) is 4.34. The van der Waals surface area contributed by atoms with Crippen molar-refractivity contribution in [2.45, 2.75) is 39.7 Å². The molecule has 2 rings (SSSR count). The summed E-state index contributed by atoms with van der Waals surface area (Å²) in [6.45, 7) is 5.48. The highest BCUT2D eigenvalue weighted by Crippen LogP contribution is 2.15. The minimum absolute atomic E-state index is 0.323. The van der Waals surface area contributed by atoms with Gasteiger partial charge in [-0.25, -0.2) is 4.79 Å². The van der Waals surface area contributed by atoms with Gasteiger partial charge < -0.3 is 19.9 Å². The number of guanidine groups is 1. The van der Waals surface area contributed by atoms with E-state index >= 15 is 0 Å². The summed E-state index contributed by atoms with van der Waals surface area (Å²) < 4.78 is 10.1. The van der Waals surface area contributed by atoms with E-state index in [-0.39, 0.29) is 5.97 Å². The van der Waals surface area contributed by atoms with Gasteiger partial charge in [0.15, 0.2) is 5.96 Å². The number of ether oxygens (including phenoxy) is 1. The van der Waals surface area contributed by atoms with Crippen LogP contribution in [0.5, 0.6) is 0 Å². The van der Waals surface area contributed by atoms with Crippen molar-refractivity contribution in [3.8, 4) is 0 Å². The van der Waals surface area contributed by atoms with Crippen molar-refractivity contribution in [1.29, 1.82) is 0 Å². The van der Waals surface area contributed by atoms with Crippen LogP contribution in [0, 0.1) is 0 Å². The lowest BCUT2D eigenvalue weighted by molar-refractivity contribution is 0.0600. The van der Waals surface area contributed by atoms with Gasteiger partial charge in [0, 0.05) is 32.1 Å². The monoisotopic (exact) mass is 372 g/mol. The number of esters is 1. The van der Waals surface area contributed by atoms with Crippen LogP contribution in [0.2, 0.25) is 0 Å². The third kappa shape index (κ3) is 5.57. The number of aryl methyl sites for hydroxylation is 2. The molecule has 2 N–H and O–H groups in total. The average molecular weight is 372 g/mol. The maximum absolute atomic E-state index is 11.5. The Balaban J connectivity index is 1.84. The van der Waals surface area contributed by atoms with E-state index in [1.54, 1.807) is 19.2 Å². The van der Waals surface area contributed by atoms with E-state index in [4.69, 9.17) is 9.26 Å². The minimum Gasteiger partial charge on any atom is -0.465 e. The zero-order valence-corrected chi connectivity index (χ0v) is 16.5. The van der Waals surface area contributed by atoms with Gasteiger partial charge in [0.25, 0.3) is 0 Å². The van der Waals surface area contributed by atoms with Crippen molar-refractivity contribution < 1.29 is 14.1 Å². The molecule has 0 atom stereocenters. The van der Waals surface area contributed by atoms with Gasteiger partial charge in [-0.3, -0.25) is 4.99 Å². The second-order valence-corrected chi connectivity index (χ2v) is 6.03. The molecule has 0 aliphatic carbocycles. The molecule has 2 aromatic rings. The minimum atomic E-state index is -0.323. The third-order valence-electron chi connectivity index (χ3n) is 4.34. The molecule has 0 unspecified atom stereocenters. The Morgan fingerprint density at radius 3 is 2.52 bits per heavy atom. The van der Waals surface area contributed by atoms with Crippen LogP contribution in [-0.2, 0) is 30.5 Å². The predicted octanol–water partition coefficient (Wildman–Crippen LogP) is 2.49. The molecule has 7 nitrogen and oxygen atoms in total. The molecule has 7 heteroatoms. The fourth-order valence-electron chi connectivity index (χ4n) is 2.78. The van der Waals surface area contributed by atoms with E-state index in [9.17, 15) is 4.79 Å². The van der Waals surface area contributed by atoms with E-state index in [0.717, 1.165) is 54.3 Å². The van der Waals surface area contributed by atoms with Crippen LogP contribution in [0.25, 0.3) is 0 Å². The zero-order valence-electron chi connectivity index (χ0n) is 16.5. The molecule has 0 fully saturated rings. The number of carbonyl (C=O) groups is 1. The summed E-state index contributed by atoms with van der Waals surface area (Å²) in [6.07, 6.45) is 2.47. The molecular formula is C20H28N4O3. The number of benzene rings is 1. The molecule has 0 bridgehead atoms. The highest BCUT2D eigenvalue weighted by molar-refractivity contribution is 5.89. The summed E-state index contributed by atoms with van der Waals surface area (Å²) in [5.74, 6) is 1.32. The topological polar surface area (TPSA) is 88.8 Å². The lowest BCUT2D eigenvalue weighted by atomic mass is 10.1. The van der Waals surface area contributed by atoms with Gasteiger partial charge in [-0.1, -0.05) is 31.1 Å². The van der Waals surface area contributed by atoms with Crippen LogP contribution in [0.15, 0.2) is 33.8 Å². The SMILES string of the molecule is CCc1noc(CC)c1CNC(=NC)NCCc1ccc(C(=O)OC)cc1. The number of hydrogen-bond donors (Lipinski definition) is 2. The normalized spacial score (nSPS) is 11.3. The molecule has 146 valence electrons. The summed E-state index contributed by atoms with van der Waals surface area (Å²) in [5.41, 5.74) is 3.78. The first-order chi connectivity index (χ1) is 13.1. The fourth-order valence-corrected chi connectivity index (χ4v) is 2.78. The summed E-state index contributed by atoms with van der Waals surface area (Å²) in [7, 11) is 3.13. The largest absolute Gasteiger partial charge is 0.465 e. The van der Waals surface area contributed by atoms with Gasteiger partial charge in [0.1, 0.15) is 5.76 Å². The van der Waals surface area contributed by atoms with Crippen molar-refractivity contribution >= 4 is 11.9 Å². The molecule has 0 aliphatic rings. The van der Waals surface area contributed by atoms with Crippen LogP contribution in [-0.4, -0.2) is 37.8 Å². The van der Waals surface area contributed by atoms with Crippen molar-refractivity contribution in [2.75, 3.05) is 20.7 Å². The predicted molar refractivity (Wildman–Crippen MR) is 105 cm³/mol. The average Bonchev–Trinajstić information content (AvgIpc) is 3.12. The Hall–Kier alpha value is -2.83. The zero-order chi connectivity index (χ0) is 19.6. The van der Waals surface area contributed by atoms with Gasteiger partial charge in [-0.15, -0.1) is 0 Å². The fraction of sp³-hybridized carbons (Fsp3) is 0.450. The van der Waals surface area contributed by atoms with Crippen LogP contribution in [0.3, 0.4) is 0 Å². The molecule has 1 heterocycles. The van der Waals surface area contributed by atoms with Crippen molar-refractivity contribution in [3.05, 3.63) is 52.4 Å². The van der Waals surface area contributed by atoms with Crippen LogP contribution in [0.1, 0.15) is 46.8 Å². The lowest BCUT2D eigenvalue weighted by Crippen LogP contribution is -2.38. The van der Waals surface area contributed by atoms with Crippen molar-refractivity contribution in [3.63, 3.8) is 0 Å². The molecule has 0 saturated heterocycles. The van der Waals surface area contributed by atoms with Gasteiger partial charge in [0.2, 0.25) is 0 Å². The van der Waals surface area contributed by atoms with Crippen LogP contribution in [0.4, 0.5) is 0 Å². The molecule has 0 amide bonds. The standard InChI is InChI=1S/C20H28N4O3/c1-5-17-16(18(6-2)27-24-17)13-23-20(21-3)22-12-11-14-7-9-15(10-8-14)19(25)26-4/h7-10H,5-6,11-13H2,1-4H3,(H2,21,22,23). The number of nitrogens with zero attached hydrogens (tertiary/aromatic N) is 2. The Morgan fingerprint density at radius 1 is 1.19 bits per heavy atom. The smallest absolute Gasteiger partial charge is 0.337 e. The van der Waals surface area contributed by atoms with E-state index < -0.39 is 0 Å². The van der Waals surface area contributed by atoms with Crippen molar-refractivity contribution in [2.24, 2.45) is 4.99 Å². The maximum Gasteiger partial charge on any atom is 0.337 e. The highest BCUT2D eigenvalue weighted by atomic mass is 16.5. The first-order valence-electron chi connectivity index (χ1n) is 9.20. The van der Waals surface area contributed by atoms with Gasteiger partial charge in [-0.05, 0) is 30.5 Å². The van der Waals surface area contributed by atoms with E-state index in [0.29, 0.717) is 12.1 Å². The Labute approximate surface area is 160 Å². The second kappa shape index (κ2) is 10.4. The number of methoxy groups -OCH3 is 1. The molecule has 0 radical (unpaired) electrons. The number of aliphatic imine (C=N–C) groups is 1. The lowest BCUT2D eigenvalue weighted by Gasteiger charge is -2.12. The molecule has 0 spiro atoms. The first-order valence-corrected chi connectivity index (χ1v) is 9.20. The quantitative estimate of drug-likeness (QED) is 0.420. The number of hydrogen-bond acceptors (Lipinski definition) is 5. The highest BCUT2D eigenvalue weighted by Gasteiger charge is 2.13. The molecule has 1 aromatic heterocycles. The number of rotatable bonds is 8. The van der Waals surface area contributed by atoms with E-state index in [1.165, 1.54) is 7.11 Å². The first kappa shape index (κ1) is 20.5. The van der Waals surface area contributed by atoms with Crippen molar-refractivity contribution in [1.82, 2.24) is 15.8 Å². The molecular weight excluding hydrogens is 344 g/mol.